The number of ether oxygens (including phenoxy) is 1. The molecule has 1 amide bonds. The van der Waals surface area contributed by atoms with Crippen LogP contribution in [-0.2, 0) is 4.74 Å². The number of amides is 1. The predicted molar refractivity (Wildman–Crippen MR) is 114 cm³/mol. The highest BCUT2D eigenvalue weighted by molar-refractivity contribution is 6.08. The maximum Gasteiger partial charge on any atom is 0.340 e. The van der Waals surface area contributed by atoms with Crippen molar-refractivity contribution < 1.29 is 14.3 Å². The molecule has 6 heteroatoms. The number of aromatic nitrogens is 1. The number of nitrogens with one attached hydrogen (secondary N) is 2. The lowest BCUT2D eigenvalue weighted by atomic mass is 10.1. The highest BCUT2D eigenvalue weighted by Crippen LogP contribution is 2.25. The van der Waals surface area contributed by atoms with E-state index in [0.717, 1.165) is 16.8 Å². The number of pyridine rings is 1. The van der Waals surface area contributed by atoms with Gasteiger partial charge in [-0.2, -0.15) is 0 Å². The van der Waals surface area contributed by atoms with Crippen molar-refractivity contribution in [2.45, 2.75) is 20.8 Å². The summed E-state index contributed by atoms with van der Waals surface area (Å²) < 4.78 is 5.05. The molecule has 0 saturated heterocycles. The molecular weight excluding hydrogens is 366 g/mol. The third-order valence-electron chi connectivity index (χ3n) is 4.42. The van der Waals surface area contributed by atoms with Crippen molar-refractivity contribution in [2.75, 3.05) is 17.2 Å². The average Bonchev–Trinajstić information content (AvgIpc) is 2.71. The molecule has 148 valence electrons. The zero-order valence-corrected chi connectivity index (χ0v) is 16.7. The van der Waals surface area contributed by atoms with E-state index in [1.165, 1.54) is 6.20 Å². The first kappa shape index (κ1) is 20.1. The van der Waals surface area contributed by atoms with E-state index in [4.69, 9.17) is 4.74 Å². The molecule has 0 aliphatic heterocycles. The molecular formula is C23H23N3O3. The number of carbonyl (C=O) groups is 2. The molecule has 2 aromatic carbocycles. The Bertz CT molecular complexity index is 1030. The van der Waals surface area contributed by atoms with Gasteiger partial charge in [0, 0.05) is 11.9 Å². The number of hydrogen-bond donors (Lipinski definition) is 2. The molecule has 0 radical (unpaired) electrons. The zero-order valence-electron chi connectivity index (χ0n) is 16.7. The summed E-state index contributed by atoms with van der Waals surface area (Å²) in [5.41, 5.74) is 4.96. The molecule has 0 spiro atoms. The van der Waals surface area contributed by atoms with Crippen molar-refractivity contribution in [1.29, 1.82) is 0 Å². The molecule has 0 unspecified atom stereocenters. The number of esters is 1. The Balaban J connectivity index is 1.81. The van der Waals surface area contributed by atoms with E-state index in [-0.39, 0.29) is 12.5 Å². The molecule has 0 aliphatic rings. The van der Waals surface area contributed by atoms with Gasteiger partial charge in [-0.05, 0) is 50.1 Å². The number of nitrogens with zero attached hydrogens (tertiary/aromatic N) is 1. The summed E-state index contributed by atoms with van der Waals surface area (Å²) in [5.74, 6) is -0.841. The topological polar surface area (TPSA) is 80.3 Å². The van der Waals surface area contributed by atoms with Gasteiger partial charge >= 0.3 is 5.97 Å². The largest absolute Gasteiger partial charge is 0.462 e. The van der Waals surface area contributed by atoms with Gasteiger partial charge in [-0.25, -0.2) is 4.79 Å². The van der Waals surface area contributed by atoms with E-state index in [0.29, 0.717) is 22.5 Å². The highest BCUT2D eigenvalue weighted by atomic mass is 16.5. The second-order valence-electron chi connectivity index (χ2n) is 6.57. The monoisotopic (exact) mass is 389 g/mol. The second kappa shape index (κ2) is 9.01. The zero-order chi connectivity index (χ0) is 20.8. The molecule has 0 fully saturated rings. The van der Waals surface area contributed by atoms with E-state index in [9.17, 15) is 9.59 Å². The summed E-state index contributed by atoms with van der Waals surface area (Å²) in [4.78, 5) is 29.0. The van der Waals surface area contributed by atoms with Crippen LogP contribution in [0, 0.1) is 13.8 Å². The standard InChI is InChI=1S/C23H23N3O3/c1-4-29-23(28)19-10-5-6-11-20(19)26-22(27)17-12-18(14-24-13-17)25-21-15(2)8-7-9-16(21)3/h5-14,25H,4H2,1-3H3,(H,26,27). The first-order chi connectivity index (χ1) is 14.0. The minimum absolute atomic E-state index is 0.261. The van der Waals surface area contributed by atoms with Crippen LogP contribution in [0.25, 0.3) is 0 Å². The number of carbonyl (C=O) groups excluding carboxylic acids is 2. The van der Waals surface area contributed by atoms with Crippen molar-refractivity contribution in [1.82, 2.24) is 4.98 Å². The maximum absolute atomic E-state index is 12.8. The van der Waals surface area contributed by atoms with Crippen molar-refractivity contribution in [2.24, 2.45) is 0 Å². The van der Waals surface area contributed by atoms with Crippen LogP contribution in [0.4, 0.5) is 17.1 Å². The van der Waals surface area contributed by atoms with Crippen LogP contribution in [0.3, 0.4) is 0 Å². The van der Waals surface area contributed by atoms with Gasteiger partial charge in [-0.3, -0.25) is 9.78 Å². The van der Waals surface area contributed by atoms with E-state index in [2.05, 4.69) is 15.6 Å². The lowest BCUT2D eigenvalue weighted by Crippen LogP contribution is -2.16. The van der Waals surface area contributed by atoms with Crippen molar-refractivity contribution in [3.8, 4) is 0 Å². The summed E-state index contributed by atoms with van der Waals surface area (Å²) in [6.07, 6.45) is 3.15. The molecule has 1 aromatic heterocycles. The van der Waals surface area contributed by atoms with Crippen LogP contribution in [0.5, 0.6) is 0 Å². The summed E-state index contributed by atoms with van der Waals surface area (Å²) in [5, 5.41) is 6.10. The fourth-order valence-electron chi connectivity index (χ4n) is 2.96. The van der Waals surface area contributed by atoms with Gasteiger partial charge in [-0.1, -0.05) is 30.3 Å². The van der Waals surface area contributed by atoms with Gasteiger partial charge in [0.05, 0.1) is 35.3 Å². The van der Waals surface area contributed by atoms with Gasteiger partial charge in [0.1, 0.15) is 0 Å². The van der Waals surface area contributed by atoms with E-state index in [1.54, 1.807) is 43.5 Å². The Morgan fingerprint density at radius 3 is 2.45 bits per heavy atom. The van der Waals surface area contributed by atoms with Crippen molar-refractivity contribution in [3.05, 3.63) is 83.2 Å². The minimum atomic E-state index is -0.480. The van der Waals surface area contributed by atoms with Crippen LogP contribution in [0.1, 0.15) is 38.8 Å². The number of hydrogen-bond acceptors (Lipinski definition) is 5. The molecule has 3 rings (SSSR count). The molecule has 0 aliphatic carbocycles. The molecule has 0 saturated carbocycles. The Morgan fingerprint density at radius 1 is 1.00 bits per heavy atom. The quantitative estimate of drug-likeness (QED) is 0.588. The van der Waals surface area contributed by atoms with Crippen molar-refractivity contribution >= 4 is 28.9 Å². The SMILES string of the molecule is CCOC(=O)c1ccccc1NC(=O)c1cncc(Nc2c(C)cccc2C)c1. The smallest absolute Gasteiger partial charge is 0.340 e. The Kier molecular flexibility index (Phi) is 6.24. The number of benzene rings is 2. The number of aryl methyl sites for hydroxylation is 2. The fourth-order valence-corrected chi connectivity index (χ4v) is 2.96. The first-order valence-corrected chi connectivity index (χ1v) is 9.35. The van der Waals surface area contributed by atoms with Gasteiger partial charge in [-0.15, -0.1) is 0 Å². The van der Waals surface area contributed by atoms with E-state index in [1.807, 2.05) is 32.0 Å². The van der Waals surface area contributed by atoms with Crippen molar-refractivity contribution in [3.63, 3.8) is 0 Å². The number of anilines is 3. The first-order valence-electron chi connectivity index (χ1n) is 9.35. The van der Waals surface area contributed by atoms with Crippen LogP contribution in [0.15, 0.2) is 60.9 Å². The second-order valence-corrected chi connectivity index (χ2v) is 6.57. The maximum atomic E-state index is 12.8. The molecule has 29 heavy (non-hydrogen) atoms. The molecule has 2 N–H and O–H groups in total. The average molecular weight is 389 g/mol. The summed E-state index contributed by atoms with van der Waals surface area (Å²) in [7, 11) is 0. The van der Waals surface area contributed by atoms with Crippen LogP contribution < -0.4 is 10.6 Å². The summed E-state index contributed by atoms with van der Waals surface area (Å²) in [6.45, 7) is 6.04. The van der Waals surface area contributed by atoms with Crippen LogP contribution >= 0.6 is 0 Å². The Hall–Kier alpha value is -3.67. The normalized spacial score (nSPS) is 10.3. The lowest BCUT2D eigenvalue weighted by Gasteiger charge is -2.13. The molecule has 6 nitrogen and oxygen atoms in total. The number of rotatable bonds is 6. The minimum Gasteiger partial charge on any atom is -0.462 e. The van der Waals surface area contributed by atoms with E-state index < -0.39 is 5.97 Å². The lowest BCUT2D eigenvalue weighted by molar-refractivity contribution is 0.0527. The Morgan fingerprint density at radius 2 is 1.72 bits per heavy atom. The predicted octanol–water partition coefficient (Wildman–Crippen LogP) is 4.87. The van der Waals surface area contributed by atoms with Gasteiger partial charge in [0.2, 0.25) is 0 Å². The fraction of sp³-hybridized carbons (Fsp3) is 0.174. The highest BCUT2D eigenvalue weighted by Gasteiger charge is 2.15. The third-order valence-corrected chi connectivity index (χ3v) is 4.42. The van der Waals surface area contributed by atoms with Crippen LogP contribution in [-0.4, -0.2) is 23.5 Å². The molecule has 0 bridgehead atoms. The summed E-state index contributed by atoms with van der Waals surface area (Å²) >= 11 is 0. The van der Waals surface area contributed by atoms with E-state index >= 15 is 0 Å². The third kappa shape index (κ3) is 4.79. The van der Waals surface area contributed by atoms with Gasteiger partial charge in [0.15, 0.2) is 0 Å². The van der Waals surface area contributed by atoms with Gasteiger partial charge in [0.25, 0.3) is 5.91 Å². The molecule has 3 aromatic rings. The Labute approximate surface area is 169 Å². The summed E-state index contributed by atoms with van der Waals surface area (Å²) in [6, 6.07) is 14.5. The molecule has 1 heterocycles. The van der Waals surface area contributed by atoms with Gasteiger partial charge < -0.3 is 15.4 Å². The van der Waals surface area contributed by atoms with Crippen LogP contribution in [0.2, 0.25) is 0 Å². The molecule has 0 atom stereocenters. The number of para-hydroxylation sites is 2.